The van der Waals surface area contributed by atoms with Gasteiger partial charge in [-0.3, -0.25) is 4.90 Å². The Balaban J connectivity index is 1.59. The number of nitrogens with zero attached hydrogens (tertiary/aromatic N) is 1. The predicted molar refractivity (Wildman–Crippen MR) is 79.0 cm³/mol. The predicted octanol–water partition coefficient (Wildman–Crippen LogP) is 1.65. The van der Waals surface area contributed by atoms with E-state index in [2.05, 4.69) is 28.4 Å². The van der Waals surface area contributed by atoms with Crippen molar-refractivity contribution in [1.82, 2.24) is 10.2 Å². The van der Waals surface area contributed by atoms with E-state index in [1.54, 1.807) is 7.11 Å². The molecule has 3 rings (SSSR count). The number of hydrogen-bond acceptors (Lipinski definition) is 4. The molecule has 0 radical (unpaired) electrons. The molecule has 1 saturated heterocycles. The molecule has 4 heteroatoms. The molecule has 2 fully saturated rings. The van der Waals surface area contributed by atoms with Crippen LogP contribution in [0.2, 0.25) is 0 Å². The third kappa shape index (κ3) is 3.72. The van der Waals surface area contributed by atoms with Gasteiger partial charge in [-0.15, -0.1) is 0 Å². The summed E-state index contributed by atoms with van der Waals surface area (Å²) in [5, 5.41) is 3.62. The largest absolute Gasteiger partial charge is 0.497 e. The van der Waals surface area contributed by atoms with Crippen molar-refractivity contribution in [2.24, 2.45) is 0 Å². The van der Waals surface area contributed by atoms with Crippen LogP contribution in [0.4, 0.5) is 0 Å². The summed E-state index contributed by atoms with van der Waals surface area (Å²) in [6.45, 7) is 4.69. The second kappa shape index (κ2) is 6.57. The third-order valence-electron chi connectivity index (χ3n) is 4.09. The van der Waals surface area contributed by atoms with Crippen molar-refractivity contribution in [1.29, 1.82) is 0 Å². The summed E-state index contributed by atoms with van der Waals surface area (Å²) in [5.74, 6) is 0.934. The number of nitrogens with one attached hydrogen (secondary N) is 1. The van der Waals surface area contributed by atoms with Crippen LogP contribution in [0, 0.1) is 0 Å². The molecule has 1 atom stereocenters. The molecular weight excluding hydrogens is 252 g/mol. The van der Waals surface area contributed by atoms with Gasteiger partial charge in [0.25, 0.3) is 0 Å². The van der Waals surface area contributed by atoms with E-state index in [1.165, 1.54) is 18.4 Å². The van der Waals surface area contributed by atoms with Gasteiger partial charge in [0.1, 0.15) is 5.75 Å². The number of benzene rings is 1. The van der Waals surface area contributed by atoms with Crippen LogP contribution in [0.5, 0.6) is 5.75 Å². The maximum absolute atomic E-state index is 5.64. The van der Waals surface area contributed by atoms with Crippen molar-refractivity contribution in [2.75, 3.05) is 33.4 Å². The molecule has 1 heterocycles. The van der Waals surface area contributed by atoms with Crippen molar-refractivity contribution in [3.8, 4) is 5.75 Å². The van der Waals surface area contributed by atoms with E-state index < -0.39 is 0 Å². The first-order valence-corrected chi connectivity index (χ1v) is 7.53. The van der Waals surface area contributed by atoms with Gasteiger partial charge in [-0.1, -0.05) is 12.1 Å². The molecule has 0 aromatic heterocycles. The lowest BCUT2D eigenvalue weighted by molar-refractivity contribution is -0.0110. The molecule has 0 amide bonds. The average molecular weight is 276 g/mol. The Bertz CT molecular complexity index is 434. The van der Waals surface area contributed by atoms with Crippen LogP contribution < -0.4 is 10.1 Å². The number of ether oxygens (including phenoxy) is 2. The minimum Gasteiger partial charge on any atom is -0.497 e. The zero-order valence-electron chi connectivity index (χ0n) is 12.2. The molecule has 0 spiro atoms. The molecule has 1 saturated carbocycles. The average Bonchev–Trinajstić information content (AvgIpc) is 3.31. The zero-order chi connectivity index (χ0) is 13.8. The molecule has 20 heavy (non-hydrogen) atoms. The molecule has 1 unspecified atom stereocenters. The lowest BCUT2D eigenvalue weighted by Crippen LogP contribution is -2.50. The SMILES string of the molecule is COc1cccc(CN2CCOCC2CNC2CC2)c1. The first-order valence-electron chi connectivity index (χ1n) is 7.53. The molecule has 0 bridgehead atoms. The second-order valence-electron chi connectivity index (χ2n) is 5.73. The second-order valence-corrected chi connectivity index (χ2v) is 5.73. The summed E-state index contributed by atoms with van der Waals surface area (Å²) < 4.78 is 10.9. The van der Waals surface area contributed by atoms with Crippen LogP contribution in [0.1, 0.15) is 18.4 Å². The van der Waals surface area contributed by atoms with Gasteiger partial charge in [0.05, 0.1) is 20.3 Å². The van der Waals surface area contributed by atoms with E-state index >= 15 is 0 Å². The van der Waals surface area contributed by atoms with E-state index in [-0.39, 0.29) is 0 Å². The topological polar surface area (TPSA) is 33.7 Å². The quantitative estimate of drug-likeness (QED) is 0.856. The Morgan fingerprint density at radius 2 is 2.30 bits per heavy atom. The van der Waals surface area contributed by atoms with Crippen molar-refractivity contribution in [3.05, 3.63) is 29.8 Å². The van der Waals surface area contributed by atoms with Crippen LogP contribution in [-0.2, 0) is 11.3 Å². The number of morpholine rings is 1. The molecule has 1 aliphatic heterocycles. The van der Waals surface area contributed by atoms with Crippen LogP contribution in [0.15, 0.2) is 24.3 Å². The fourth-order valence-electron chi connectivity index (χ4n) is 2.68. The van der Waals surface area contributed by atoms with Crippen molar-refractivity contribution in [3.63, 3.8) is 0 Å². The van der Waals surface area contributed by atoms with E-state index in [1.807, 2.05) is 6.07 Å². The molecule has 1 aromatic carbocycles. The first kappa shape index (κ1) is 13.9. The fourth-order valence-corrected chi connectivity index (χ4v) is 2.68. The highest BCUT2D eigenvalue weighted by Gasteiger charge is 2.26. The maximum Gasteiger partial charge on any atom is 0.119 e. The number of hydrogen-bond donors (Lipinski definition) is 1. The Morgan fingerprint density at radius 3 is 3.10 bits per heavy atom. The molecule has 1 aliphatic carbocycles. The van der Waals surface area contributed by atoms with Gasteiger partial charge in [-0.25, -0.2) is 0 Å². The molecule has 2 aliphatic rings. The Labute approximate surface area is 121 Å². The zero-order valence-corrected chi connectivity index (χ0v) is 12.2. The first-order chi connectivity index (χ1) is 9.85. The normalized spacial score (nSPS) is 23.8. The molecule has 1 N–H and O–H groups in total. The van der Waals surface area contributed by atoms with Crippen LogP contribution >= 0.6 is 0 Å². The molecular formula is C16H24N2O2. The molecule has 4 nitrogen and oxygen atoms in total. The third-order valence-corrected chi connectivity index (χ3v) is 4.09. The van der Waals surface area contributed by atoms with Gasteiger partial charge in [-0.05, 0) is 30.5 Å². The minimum absolute atomic E-state index is 0.482. The Morgan fingerprint density at radius 1 is 1.40 bits per heavy atom. The fraction of sp³-hybridized carbons (Fsp3) is 0.625. The number of methoxy groups -OCH3 is 1. The Hall–Kier alpha value is -1.10. The number of rotatable bonds is 6. The summed E-state index contributed by atoms with van der Waals surface area (Å²) in [6.07, 6.45) is 2.67. The highest BCUT2D eigenvalue weighted by Crippen LogP contribution is 2.20. The van der Waals surface area contributed by atoms with Gasteiger partial charge in [0.15, 0.2) is 0 Å². The van der Waals surface area contributed by atoms with Gasteiger partial charge in [0.2, 0.25) is 0 Å². The summed E-state index contributed by atoms with van der Waals surface area (Å²) in [7, 11) is 1.72. The van der Waals surface area contributed by atoms with Gasteiger partial charge in [-0.2, -0.15) is 0 Å². The molecule has 1 aromatic rings. The van der Waals surface area contributed by atoms with E-state index in [0.29, 0.717) is 6.04 Å². The van der Waals surface area contributed by atoms with E-state index in [9.17, 15) is 0 Å². The summed E-state index contributed by atoms with van der Waals surface area (Å²) in [5.41, 5.74) is 1.31. The van der Waals surface area contributed by atoms with Crippen molar-refractivity contribution >= 4 is 0 Å². The summed E-state index contributed by atoms with van der Waals surface area (Å²) in [6, 6.07) is 9.59. The smallest absolute Gasteiger partial charge is 0.119 e. The van der Waals surface area contributed by atoms with Crippen LogP contribution in [0.25, 0.3) is 0 Å². The van der Waals surface area contributed by atoms with Crippen LogP contribution in [-0.4, -0.2) is 50.4 Å². The molecule has 110 valence electrons. The van der Waals surface area contributed by atoms with Gasteiger partial charge in [0, 0.05) is 31.7 Å². The van der Waals surface area contributed by atoms with Gasteiger partial charge >= 0.3 is 0 Å². The summed E-state index contributed by atoms with van der Waals surface area (Å²) in [4.78, 5) is 2.52. The summed E-state index contributed by atoms with van der Waals surface area (Å²) >= 11 is 0. The lowest BCUT2D eigenvalue weighted by atomic mass is 10.1. The minimum atomic E-state index is 0.482. The van der Waals surface area contributed by atoms with Crippen molar-refractivity contribution < 1.29 is 9.47 Å². The van der Waals surface area contributed by atoms with E-state index in [0.717, 1.165) is 44.6 Å². The van der Waals surface area contributed by atoms with Gasteiger partial charge < -0.3 is 14.8 Å². The monoisotopic (exact) mass is 276 g/mol. The Kier molecular flexibility index (Phi) is 4.55. The maximum atomic E-state index is 5.64. The highest BCUT2D eigenvalue weighted by atomic mass is 16.5. The highest BCUT2D eigenvalue weighted by molar-refractivity contribution is 5.28. The lowest BCUT2D eigenvalue weighted by Gasteiger charge is -2.35. The standard InChI is InChI=1S/C16H24N2O2/c1-19-16-4-2-3-13(9-16)11-18-7-8-20-12-15(18)10-17-14-5-6-14/h2-4,9,14-15,17H,5-8,10-12H2,1H3. The van der Waals surface area contributed by atoms with E-state index in [4.69, 9.17) is 9.47 Å². The van der Waals surface area contributed by atoms with Crippen LogP contribution in [0.3, 0.4) is 0 Å². The van der Waals surface area contributed by atoms with Crippen molar-refractivity contribution in [2.45, 2.75) is 31.5 Å².